The molecule has 0 heterocycles. The maximum absolute atomic E-state index is 8.60. The van der Waals surface area contributed by atoms with Gasteiger partial charge < -0.3 is 0 Å². The molecular weight excluding hydrogens is 461 g/mol. The predicted octanol–water partition coefficient (Wildman–Crippen LogP) is -12.4. The summed E-state index contributed by atoms with van der Waals surface area (Å²) in [6.07, 6.45) is 0. The van der Waals surface area contributed by atoms with Gasteiger partial charge in [-0.3, -0.25) is 0 Å². The van der Waals surface area contributed by atoms with E-state index in [0.717, 1.165) is 0 Å². The van der Waals surface area contributed by atoms with Gasteiger partial charge in [0.05, 0.1) is 44.7 Å². The Bertz CT molecular complexity index is 91.3. The minimum atomic E-state index is -4.69. The topological polar surface area (TPSA) is 268 Å². The molecule has 0 spiro atoms. The molecule has 0 aromatic carbocycles. The maximum Gasteiger partial charge on any atom is 0.0777 e. The molecule has 0 bridgehead atoms. The molecule has 0 unspecified atom stereocenters. The summed E-state index contributed by atoms with van der Waals surface area (Å²) in [7, 11) is -14.1. The van der Waals surface area contributed by atoms with Crippen LogP contribution in [0.5, 0.6) is 0 Å². The minimum Gasteiger partial charge on any atom is -0.183 e. The molecule has 12 nitrogen and oxygen atoms in total. The first-order valence-electron chi connectivity index (χ1n) is 1.90. The van der Waals surface area contributed by atoms with Gasteiger partial charge in [-0.1, -0.05) is 0 Å². The van der Waals surface area contributed by atoms with Gasteiger partial charge >= 0.3 is 0 Å². The van der Waals surface area contributed by atoms with Crippen molar-refractivity contribution in [1.82, 2.24) is 0 Å². The van der Waals surface area contributed by atoms with Crippen molar-refractivity contribution in [2.45, 2.75) is 0 Å². The summed E-state index contributed by atoms with van der Waals surface area (Å²) in [5, 5.41) is 0. The largest absolute Gasteiger partial charge is 0.183 e. The standard InChI is InChI=1S/3ClHO4.Dy/c3*2-1(3,4)5;/h3*(H,2,3,4,5);. The normalized spacial score (nSPS) is 11.2. The minimum absolute atomic E-state index is 0. The molecule has 0 radical (unpaired) electrons. The Hall–Kier alpha value is 1.66. The van der Waals surface area contributed by atoms with Crippen LogP contribution in [0.4, 0.5) is 0 Å². The summed E-state index contributed by atoms with van der Waals surface area (Å²) in [4.78, 5) is 0. The van der Waals surface area contributed by atoms with Crippen molar-refractivity contribution < 1.29 is 125 Å². The van der Waals surface area contributed by atoms with Crippen LogP contribution in [0, 0.1) is 68.9 Å². The van der Waals surface area contributed by atoms with Crippen LogP contribution < -0.4 is 41.9 Å². The van der Waals surface area contributed by atoms with E-state index in [2.05, 4.69) is 0 Å². The van der Waals surface area contributed by atoms with Gasteiger partial charge in [-0.05, 0) is 0 Å². The van der Waals surface area contributed by atoms with Gasteiger partial charge in [-0.15, -0.1) is 0 Å². The third-order valence-electron chi connectivity index (χ3n) is 0. The number of halogens is 3. The van der Waals surface area contributed by atoms with Gasteiger partial charge in [0.1, 0.15) is 0 Å². The van der Waals surface area contributed by atoms with Crippen molar-refractivity contribution >= 4 is 0 Å². The van der Waals surface area contributed by atoms with Crippen molar-refractivity contribution in [3.05, 3.63) is 0 Å². The molecule has 0 amide bonds. The summed E-state index contributed by atoms with van der Waals surface area (Å²) >= 11 is 0. The summed E-state index contributed by atoms with van der Waals surface area (Å²) < 4.78 is 98.2. The molecule has 16 heavy (non-hydrogen) atoms. The summed E-state index contributed by atoms with van der Waals surface area (Å²) in [5.74, 6) is 0. The molecule has 0 aliphatic carbocycles. The predicted molar refractivity (Wildman–Crippen MR) is 6.66 cm³/mol. The van der Waals surface area contributed by atoms with E-state index in [0.29, 0.717) is 0 Å². The zero-order valence-corrected chi connectivity index (χ0v) is 10.8. The van der Waals surface area contributed by atoms with Crippen LogP contribution in [-0.4, -0.2) is 14.0 Å². The molecule has 0 fully saturated rings. The van der Waals surface area contributed by atoms with Crippen molar-refractivity contribution in [2.75, 3.05) is 0 Å². The van der Waals surface area contributed by atoms with E-state index in [1.807, 2.05) is 0 Å². The van der Waals surface area contributed by atoms with E-state index in [-0.39, 0.29) is 38.2 Å². The quantitative estimate of drug-likeness (QED) is 0.302. The molecule has 3 N–H and O–H groups in total. The van der Waals surface area contributed by atoms with E-state index < -0.39 is 30.7 Å². The summed E-state index contributed by atoms with van der Waals surface area (Å²) in [6.45, 7) is 0. The molecule has 0 aliphatic rings. The van der Waals surface area contributed by atoms with Crippen LogP contribution in [0.25, 0.3) is 0 Å². The molecule has 0 aliphatic heterocycles. The van der Waals surface area contributed by atoms with E-state index in [1.165, 1.54) is 0 Å². The first-order valence-corrected chi connectivity index (χ1v) is 5.69. The number of hydrogen-bond donors (Lipinski definition) is 3. The molecule has 0 saturated carbocycles. The summed E-state index contributed by atoms with van der Waals surface area (Å²) in [6, 6.07) is 0. The average Bonchev–Trinajstić information content (AvgIpc) is 1.41. The Morgan fingerprint density at radius 1 is 0.438 bits per heavy atom. The number of hydrogen-bond acceptors (Lipinski definition) is 12. The molecule has 0 atom stereocenters. The molecule has 106 valence electrons. The van der Waals surface area contributed by atoms with Crippen LogP contribution in [-0.2, 0) is 0 Å². The number of rotatable bonds is 0. The molecule has 0 aromatic rings. The smallest absolute Gasteiger partial charge is 0.0777 e. The third-order valence-corrected chi connectivity index (χ3v) is 0. The second-order valence-corrected chi connectivity index (χ2v) is 3.56. The van der Waals surface area contributed by atoms with E-state index in [1.54, 1.807) is 0 Å². The zero-order chi connectivity index (χ0) is 13.5. The van der Waals surface area contributed by atoms with E-state index in [4.69, 9.17) is 55.9 Å². The van der Waals surface area contributed by atoms with Crippen LogP contribution in [0.2, 0.25) is 0 Å². The van der Waals surface area contributed by atoms with E-state index >= 15 is 0 Å². The van der Waals surface area contributed by atoms with Gasteiger partial charge in [0.15, 0.2) is 0 Å². The van der Waals surface area contributed by atoms with Crippen LogP contribution >= 0.6 is 0 Å². The Labute approximate surface area is 124 Å². The Morgan fingerprint density at radius 3 is 0.438 bits per heavy atom. The van der Waals surface area contributed by atoms with E-state index in [9.17, 15) is 0 Å². The summed E-state index contributed by atoms with van der Waals surface area (Å²) in [5.41, 5.74) is 0. The van der Waals surface area contributed by atoms with Gasteiger partial charge in [0.2, 0.25) is 0 Å². The van der Waals surface area contributed by atoms with Crippen LogP contribution in [0.3, 0.4) is 0 Å². The SMILES string of the molecule is [Dy].[O-][Cl+3]([O-])([O-])O.[O-][Cl+3]([O-])([O-])O.[O-][Cl+3]([O-])([O-])O. The van der Waals surface area contributed by atoms with Gasteiger partial charge in [0, 0.05) is 38.2 Å². The second-order valence-electron chi connectivity index (χ2n) is 1.19. The van der Waals surface area contributed by atoms with Gasteiger partial charge in [-0.25, -0.2) is 0 Å². The Kier molecular flexibility index (Phi) is 17.4. The first kappa shape index (κ1) is 26.3. The monoisotopic (exact) mass is 464 g/mol. The molecule has 0 aromatic heterocycles. The fourth-order valence-electron chi connectivity index (χ4n) is 0. The average molecular weight is 464 g/mol. The Balaban J connectivity index is -0.0000000655. The molecule has 0 saturated heterocycles. The van der Waals surface area contributed by atoms with Crippen molar-refractivity contribution in [3.63, 3.8) is 0 Å². The van der Waals surface area contributed by atoms with Crippen LogP contribution in [0.1, 0.15) is 0 Å². The van der Waals surface area contributed by atoms with Crippen molar-refractivity contribution in [3.8, 4) is 0 Å². The molecule has 16 heteroatoms. The zero-order valence-electron chi connectivity index (χ0n) is 6.47. The fourth-order valence-corrected chi connectivity index (χ4v) is 0. The third kappa shape index (κ3) is 1220. The van der Waals surface area contributed by atoms with Gasteiger partial charge in [-0.2, -0.15) is 41.9 Å². The maximum atomic E-state index is 8.60. The van der Waals surface area contributed by atoms with Crippen molar-refractivity contribution in [2.24, 2.45) is 0 Å². The fraction of sp³-hybridized carbons (Fsp3) is 0. The molecule has 0 rings (SSSR count). The first-order chi connectivity index (χ1) is 6.00. The van der Waals surface area contributed by atoms with Crippen LogP contribution in [0.15, 0.2) is 0 Å². The van der Waals surface area contributed by atoms with Crippen molar-refractivity contribution in [1.29, 1.82) is 0 Å². The molecular formula is H3Cl3DyO12. The Morgan fingerprint density at radius 2 is 0.438 bits per heavy atom. The van der Waals surface area contributed by atoms with Gasteiger partial charge in [0.25, 0.3) is 0 Å². The second kappa shape index (κ2) is 10.6.